The van der Waals surface area contributed by atoms with Crippen molar-refractivity contribution in [1.29, 1.82) is 0 Å². The first-order valence-corrected chi connectivity index (χ1v) is 4.52. The zero-order valence-corrected chi connectivity index (χ0v) is 7.46. The molecule has 0 saturated carbocycles. The second-order valence-electron chi connectivity index (χ2n) is 2.92. The molecule has 0 saturated heterocycles. The fourth-order valence-corrected chi connectivity index (χ4v) is 1.75. The summed E-state index contributed by atoms with van der Waals surface area (Å²) in [5, 5.41) is 4.24. The molecule has 1 aliphatic rings. The van der Waals surface area contributed by atoms with Gasteiger partial charge in [-0.25, -0.2) is 9.67 Å². The molecule has 2 rings (SSSR count). The predicted octanol–water partition coefficient (Wildman–Crippen LogP) is 0.810. The van der Waals surface area contributed by atoms with Crippen molar-refractivity contribution in [1.82, 2.24) is 14.8 Å². The normalized spacial score (nSPS) is 22.3. The number of rotatable bonds is 1. The Morgan fingerprint density at radius 2 is 2.50 bits per heavy atom. The number of hydrogen-bond donors (Lipinski definition) is 1. The minimum absolute atomic E-state index is 0.0200. The van der Waals surface area contributed by atoms with Gasteiger partial charge in [-0.05, 0) is 12.8 Å². The molecular weight excluding hydrogens is 176 g/mol. The van der Waals surface area contributed by atoms with Crippen molar-refractivity contribution in [3.63, 3.8) is 0 Å². The molecule has 0 aromatic carbocycles. The van der Waals surface area contributed by atoms with Crippen LogP contribution >= 0.6 is 11.6 Å². The summed E-state index contributed by atoms with van der Waals surface area (Å²) >= 11 is 6.05. The van der Waals surface area contributed by atoms with Gasteiger partial charge in [0.2, 0.25) is 0 Å². The van der Waals surface area contributed by atoms with Gasteiger partial charge in [0.1, 0.15) is 5.82 Å². The molecule has 4 nitrogen and oxygen atoms in total. The van der Waals surface area contributed by atoms with E-state index in [1.807, 2.05) is 4.68 Å². The summed E-state index contributed by atoms with van der Waals surface area (Å²) in [7, 11) is 0. The number of aryl methyl sites for hydroxylation is 1. The van der Waals surface area contributed by atoms with Crippen molar-refractivity contribution in [2.75, 3.05) is 0 Å². The molecule has 1 aliphatic heterocycles. The van der Waals surface area contributed by atoms with Gasteiger partial charge >= 0.3 is 0 Å². The molecule has 1 aromatic heterocycles. The molecule has 5 heteroatoms. The van der Waals surface area contributed by atoms with E-state index in [9.17, 15) is 0 Å². The molecule has 0 fully saturated rings. The van der Waals surface area contributed by atoms with Crippen molar-refractivity contribution in [3.05, 3.63) is 11.6 Å². The zero-order valence-electron chi connectivity index (χ0n) is 6.70. The van der Waals surface area contributed by atoms with Gasteiger partial charge in [-0.2, -0.15) is 5.10 Å². The van der Waals surface area contributed by atoms with Crippen LogP contribution in [0.5, 0.6) is 0 Å². The highest BCUT2D eigenvalue weighted by atomic mass is 35.5. The molecule has 1 unspecified atom stereocenters. The van der Waals surface area contributed by atoms with E-state index in [0.29, 0.717) is 12.4 Å². The van der Waals surface area contributed by atoms with E-state index >= 15 is 0 Å². The predicted molar refractivity (Wildman–Crippen MR) is 45.7 cm³/mol. The standard InChI is InChI=1S/C7H11ClN4/c8-5-2-1-3-12-7(5)10-6(4-9)11-12/h5H,1-4,9H2. The van der Waals surface area contributed by atoms with E-state index < -0.39 is 0 Å². The zero-order chi connectivity index (χ0) is 8.55. The summed E-state index contributed by atoms with van der Waals surface area (Å²) in [6.07, 6.45) is 2.07. The van der Waals surface area contributed by atoms with Crippen molar-refractivity contribution in [2.45, 2.75) is 31.3 Å². The van der Waals surface area contributed by atoms with Crippen LogP contribution in [0.15, 0.2) is 0 Å². The SMILES string of the molecule is NCc1nc2n(n1)CCCC2Cl. The van der Waals surface area contributed by atoms with Gasteiger partial charge in [-0.1, -0.05) is 0 Å². The van der Waals surface area contributed by atoms with Gasteiger partial charge in [-0.15, -0.1) is 11.6 Å². The summed E-state index contributed by atoms with van der Waals surface area (Å²) < 4.78 is 1.86. The molecule has 0 spiro atoms. The first kappa shape index (κ1) is 8.01. The number of fused-ring (bicyclic) bond motifs is 1. The Bertz CT molecular complexity index is 283. The molecule has 2 heterocycles. The van der Waals surface area contributed by atoms with Crippen LogP contribution in [0.4, 0.5) is 0 Å². The molecule has 0 bridgehead atoms. The van der Waals surface area contributed by atoms with Crippen LogP contribution in [0.25, 0.3) is 0 Å². The minimum atomic E-state index is 0.0200. The Hall–Kier alpha value is -0.610. The second-order valence-corrected chi connectivity index (χ2v) is 3.45. The maximum absolute atomic E-state index is 6.05. The summed E-state index contributed by atoms with van der Waals surface area (Å²) in [6, 6.07) is 0. The fourth-order valence-electron chi connectivity index (χ4n) is 1.43. The van der Waals surface area contributed by atoms with E-state index in [1.54, 1.807) is 0 Å². The number of halogens is 1. The largest absolute Gasteiger partial charge is 0.324 e. The quantitative estimate of drug-likeness (QED) is 0.661. The monoisotopic (exact) mass is 186 g/mol. The van der Waals surface area contributed by atoms with Gasteiger partial charge in [0.15, 0.2) is 5.82 Å². The van der Waals surface area contributed by atoms with E-state index in [4.69, 9.17) is 17.3 Å². The summed E-state index contributed by atoms with van der Waals surface area (Å²) in [4.78, 5) is 4.25. The van der Waals surface area contributed by atoms with Crippen molar-refractivity contribution in [3.8, 4) is 0 Å². The Kier molecular flexibility index (Phi) is 2.02. The first-order valence-electron chi connectivity index (χ1n) is 4.09. The lowest BCUT2D eigenvalue weighted by Gasteiger charge is -2.15. The minimum Gasteiger partial charge on any atom is -0.324 e. The Labute approximate surface area is 75.7 Å². The van der Waals surface area contributed by atoms with Crippen LogP contribution in [0.3, 0.4) is 0 Å². The Morgan fingerprint density at radius 3 is 3.17 bits per heavy atom. The molecule has 0 radical (unpaired) electrons. The van der Waals surface area contributed by atoms with Gasteiger partial charge in [-0.3, -0.25) is 0 Å². The Morgan fingerprint density at radius 1 is 1.67 bits per heavy atom. The van der Waals surface area contributed by atoms with Crippen molar-refractivity contribution in [2.24, 2.45) is 5.73 Å². The molecule has 12 heavy (non-hydrogen) atoms. The van der Waals surface area contributed by atoms with Crippen LogP contribution in [-0.4, -0.2) is 14.8 Å². The number of aromatic nitrogens is 3. The van der Waals surface area contributed by atoms with Gasteiger partial charge < -0.3 is 5.73 Å². The molecule has 66 valence electrons. The van der Waals surface area contributed by atoms with Gasteiger partial charge in [0.25, 0.3) is 0 Å². The van der Waals surface area contributed by atoms with Gasteiger partial charge in [0, 0.05) is 6.54 Å². The van der Waals surface area contributed by atoms with Crippen molar-refractivity contribution >= 4 is 11.6 Å². The lowest BCUT2D eigenvalue weighted by atomic mass is 10.2. The molecule has 1 aromatic rings. The van der Waals surface area contributed by atoms with E-state index in [2.05, 4.69) is 10.1 Å². The third-order valence-corrected chi connectivity index (χ3v) is 2.45. The van der Waals surface area contributed by atoms with Crippen LogP contribution in [0, 0.1) is 0 Å². The maximum atomic E-state index is 6.05. The number of hydrogen-bond acceptors (Lipinski definition) is 3. The third kappa shape index (κ3) is 1.21. The summed E-state index contributed by atoms with van der Waals surface area (Å²) in [6.45, 7) is 1.31. The average Bonchev–Trinajstić information content (AvgIpc) is 2.49. The van der Waals surface area contributed by atoms with E-state index in [1.165, 1.54) is 0 Å². The molecule has 0 amide bonds. The topological polar surface area (TPSA) is 56.7 Å². The highest BCUT2D eigenvalue weighted by molar-refractivity contribution is 6.20. The van der Waals surface area contributed by atoms with Crippen LogP contribution < -0.4 is 5.73 Å². The molecule has 1 atom stereocenters. The lowest BCUT2D eigenvalue weighted by Crippen LogP contribution is -2.13. The average molecular weight is 187 g/mol. The van der Waals surface area contributed by atoms with Crippen LogP contribution in [0.2, 0.25) is 0 Å². The van der Waals surface area contributed by atoms with Crippen LogP contribution in [-0.2, 0) is 13.1 Å². The number of nitrogens with two attached hydrogens (primary N) is 1. The number of alkyl halides is 1. The van der Waals surface area contributed by atoms with Gasteiger partial charge in [0.05, 0.1) is 11.9 Å². The lowest BCUT2D eigenvalue weighted by molar-refractivity contribution is 0.469. The first-order chi connectivity index (χ1) is 5.81. The van der Waals surface area contributed by atoms with E-state index in [-0.39, 0.29) is 5.38 Å². The maximum Gasteiger partial charge on any atom is 0.164 e. The second kappa shape index (κ2) is 3.03. The third-order valence-electron chi connectivity index (χ3n) is 2.03. The smallest absolute Gasteiger partial charge is 0.164 e. The highest BCUT2D eigenvalue weighted by Crippen LogP contribution is 2.28. The summed E-state index contributed by atoms with van der Waals surface area (Å²) in [5.74, 6) is 1.57. The molecule has 0 aliphatic carbocycles. The van der Waals surface area contributed by atoms with Crippen LogP contribution in [0.1, 0.15) is 29.9 Å². The summed E-state index contributed by atoms with van der Waals surface area (Å²) in [5.41, 5.74) is 5.43. The fraction of sp³-hybridized carbons (Fsp3) is 0.714. The number of nitrogens with zero attached hydrogens (tertiary/aromatic N) is 3. The molecular formula is C7H11ClN4. The molecule has 2 N–H and O–H groups in total. The highest BCUT2D eigenvalue weighted by Gasteiger charge is 2.21. The van der Waals surface area contributed by atoms with Crippen molar-refractivity contribution < 1.29 is 0 Å². The van der Waals surface area contributed by atoms with E-state index in [0.717, 1.165) is 25.2 Å². The Balaban J connectivity index is 2.37.